The Hall–Kier alpha value is -1.91. The Morgan fingerprint density at radius 3 is 2.94 bits per heavy atom. The lowest BCUT2D eigenvalue weighted by Crippen LogP contribution is -1.98. The molecule has 2 aromatic rings. The molecular formula is C11H13N3O2. The molecule has 0 bridgehead atoms. The Bertz CT molecular complexity index is 440. The monoisotopic (exact) mass is 219 g/mol. The highest BCUT2D eigenvalue weighted by Gasteiger charge is 2.09. The number of ether oxygens (including phenoxy) is 1. The number of aromatic nitrogens is 3. The van der Waals surface area contributed by atoms with E-state index in [0.717, 1.165) is 0 Å². The molecule has 0 aliphatic rings. The number of hydrogen-bond acceptors (Lipinski definition) is 5. The van der Waals surface area contributed by atoms with Crippen LogP contribution in [0.15, 0.2) is 29.0 Å². The SMILES string of the molecule is CC(C)c1nc(COc2cccnc2)no1. The topological polar surface area (TPSA) is 61.0 Å². The number of pyridine rings is 1. The molecule has 0 atom stereocenters. The van der Waals surface area contributed by atoms with Gasteiger partial charge in [0.25, 0.3) is 0 Å². The minimum absolute atomic E-state index is 0.236. The summed E-state index contributed by atoms with van der Waals surface area (Å²) >= 11 is 0. The normalized spacial score (nSPS) is 10.7. The lowest BCUT2D eigenvalue weighted by molar-refractivity contribution is 0.283. The van der Waals surface area contributed by atoms with Gasteiger partial charge in [-0.05, 0) is 12.1 Å². The fourth-order valence-electron chi connectivity index (χ4n) is 1.14. The zero-order chi connectivity index (χ0) is 11.4. The average molecular weight is 219 g/mol. The third-order valence-corrected chi connectivity index (χ3v) is 1.98. The van der Waals surface area contributed by atoms with Crippen molar-refractivity contribution in [3.05, 3.63) is 36.2 Å². The van der Waals surface area contributed by atoms with Crippen LogP contribution in [-0.2, 0) is 6.61 Å². The molecule has 0 unspecified atom stereocenters. The summed E-state index contributed by atoms with van der Waals surface area (Å²) in [5.74, 6) is 2.11. The molecule has 0 N–H and O–H groups in total. The van der Waals surface area contributed by atoms with Crippen molar-refractivity contribution < 1.29 is 9.26 Å². The van der Waals surface area contributed by atoms with Crippen molar-refractivity contribution in [1.29, 1.82) is 0 Å². The first-order valence-corrected chi connectivity index (χ1v) is 5.11. The third-order valence-electron chi connectivity index (χ3n) is 1.98. The maximum Gasteiger partial charge on any atom is 0.229 e. The molecule has 0 aromatic carbocycles. The Kier molecular flexibility index (Phi) is 3.14. The standard InChI is InChI=1S/C11H13N3O2/c1-8(2)11-13-10(14-16-11)7-15-9-4-3-5-12-6-9/h3-6,8H,7H2,1-2H3. The van der Waals surface area contributed by atoms with E-state index in [9.17, 15) is 0 Å². The Morgan fingerprint density at radius 1 is 1.44 bits per heavy atom. The molecule has 2 aromatic heterocycles. The second kappa shape index (κ2) is 4.74. The lowest BCUT2D eigenvalue weighted by Gasteiger charge is -2.00. The van der Waals surface area contributed by atoms with Crippen molar-refractivity contribution in [2.24, 2.45) is 0 Å². The second-order valence-corrected chi connectivity index (χ2v) is 3.68. The molecule has 16 heavy (non-hydrogen) atoms. The van der Waals surface area contributed by atoms with Crippen LogP contribution < -0.4 is 4.74 Å². The minimum Gasteiger partial charge on any atom is -0.484 e. The van der Waals surface area contributed by atoms with Crippen LogP contribution in [0.3, 0.4) is 0 Å². The van der Waals surface area contributed by atoms with Gasteiger partial charge in [-0.25, -0.2) is 0 Å². The van der Waals surface area contributed by atoms with E-state index in [1.54, 1.807) is 12.4 Å². The van der Waals surface area contributed by atoms with E-state index < -0.39 is 0 Å². The highest BCUT2D eigenvalue weighted by atomic mass is 16.5. The quantitative estimate of drug-likeness (QED) is 0.788. The van der Waals surface area contributed by atoms with E-state index in [1.165, 1.54) is 0 Å². The van der Waals surface area contributed by atoms with E-state index in [0.29, 0.717) is 24.1 Å². The Labute approximate surface area is 93.5 Å². The summed E-state index contributed by atoms with van der Waals surface area (Å²) in [5, 5.41) is 3.82. The van der Waals surface area contributed by atoms with Gasteiger partial charge in [-0.2, -0.15) is 4.98 Å². The number of hydrogen-bond donors (Lipinski definition) is 0. The zero-order valence-electron chi connectivity index (χ0n) is 9.25. The van der Waals surface area contributed by atoms with Crippen LogP contribution in [0, 0.1) is 0 Å². The molecule has 0 aliphatic heterocycles. The van der Waals surface area contributed by atoms with Gasteiger partial charge < -0.3 is 9.26 Å². The van der Waals surface area contributed by atoms with E-state index in [1.807, 2.05) is 26.0 Å². The maximum absolute atomic E-state index is 5.44. The summed E-state index contributed by atoms with van der Waals surface area (Å²) in [7, 11) is 0. The van der Waals surface area contributed by atoms with Crippen LogP contribution in [0.4, 0.5) is 0 Å². The lowest BCUT2D eigenvalue weighted by atomic mass is 10.2. The Morgan fingerprint density at radius 2 is 2.31 bits per heavy atom. The molecule has 0 aliphatic carbocycles. The van der Waals surface area contributed by atoms with Crippen molar-refractivity contribution in [2.75, 3.05) is 0 Å². The molecule has 0 radical (unpaired) electrons. The van der Waals surface area contributed by atoms with Gasteiger partial charge in [0.05, 0.1) is 6.20 Å². The molecule has 2 heterocycles. The van der Waals surface area contributed by atoms with Gasteiger partial charge in [0, 0.05) is 12.1 Å². The van der Waals surface area contributed by atoms with E-state index in [4.69, 9.17) is 9.26 Å². The summed E-state index contributed by atoms with van der Waals surface area (Å²) in [6, 6.07) is 3.64. The fourth-order valence-corrected chi connectivity index (χ4v) is 1.14. The summed E-state index contributed by atoms with van der Waals surface area (Å²) in [5.41, 5.74) is 0. The number of nitrogens with zero attached hydrogens (tertiary/aromatic N) is 3. The maximum atomic E-state index is 5.44. The van der Waals surface area contributed by atoms with Crippen LogP contribution in [-0.4, -0.2) is 15.1 Å². The molecular weight excluding hydrogens is 206 g/mol. The molecule has 0 fully saturated rings. The molecule has 0 amide bonds. The summed E-state index contributed by atoms with van der Waals surface area (Å²) in [6.45, 7) is 4.29. The van der Waals surface area contributed by atoms with Crippen molar-refractivity contribution in [2.45, 2.75) is 26.4 Å². The van der Waals surface area contributed by atoms with E-state index in [2.05, 4.69) is 15.1 Å². The Balaban J connectivity index is 1.95. The zero-order valence-corrected chi connectivity index (χ0v) is 9.25. The second-order valence-electron chi connectivity index (χ2n) is 3.68. The first-order chi connectivity index (χ1) is 7.75. The highest BCUT2D eigenvalue weighted by Crippen LogP contribution is 2.12. The largest absolute Gasteiger partial charge is 0.484 e. The van der Waals surface area contributed by atoms with Crippen LogP contribution in [0.5, 0.6) is 5.75 Å². The van der Waals surface area contributed by atoms with Gasteiger partial charge in [-0.15, -0.1) is 0 Å². The van der Waals surface area contributed by atoms with Crippen molar-refractivity contribution >= 4 is 0 Å². The molecule has 5 nitrogen and oxygen atoms in total. The van der Waals surface area contributed by atoms with Crippen LogP contribution in [0.25, 0.3) is 0 Å². The van der Waals surface area contributed by atoms with Crippen LogP contribution in [0.2, 0.25) is 0 Å². The summed E-state index contributed by atoms with van der Waals surface area (Å²) in [6.07, 6.45) is 3.33. The van der Waals surface area contributed by atoms with Gasteiger partial charge >= 0.3 is 0 Å². The molecule has 0 saturated heterocycles. The predicted octanol–water partition coefficient (Wildman–Crippen LogP) is 2.17. The first-order valence-electron chi connectivity index (χ1n) is 5.11. The van der Waals surface area contributed by atoms with Crippen LogP contribution >= 0.6 is 0 Å². The van der Waals surface area contributed by atoms with Crippen molar-refractivity contribution in [3.63, 3.8) is 0 Å². The molecule has 0 saturated carbocycles. The molecule has 84 valence electrons. The predicted molar refractivity (Wildman–Crippen MR) is 57.0 cm³/mol. The van der Waals surface area contributed by atoms with Crippen molar-refractivity contribution in [1.82, 2.24) is 15.1 Å². The van der Waals surface area contributed by atoms with Gasteiger partial charge in [0.2, 0.25) is 11.7 Å². The minimum atomic E-state index is 0.236. The first kappa shape index (κ1) is 10.6. The van der Waals surface area contributed by atoms with E-state index >= 15 is 0 Å². The third kappa shape index (κ3) is 2.56. The fraction of sp³-hybridized carbons (Fsp3) is 0.364. The molecule has 0 spiro atoms. The van der Waals surface area contributed by atoms with Crippen LogP contribution in [0.1, 0.15) is 31.5 Å². The van der Waals surface area contributed by atoms with E-state index in [-0.39, 0.29) is 5.92 Å². The number of rotatable bonds is 4. The summed E-state index contributed by atoms with van der Waals surface area (Å²) < 4.78 is 10.5. The van der Waals surface area contributed by atoms with Gasteiger partial charge in [0.1, 0.15) is 5.75 Å². The average Bonchev–Trinajstić information content (AvgIpc) is 2.76. The van der Waals surface area contributed by atoms with Gasteiger partial charge in [-0.3, -0.25) is 4.98 Å². The molecule has 2 rings (SSSR count). The highest BCUT2D eigenvalue weighted by molar-refractivity contribution is 5.15. The van der Waals surface area contributed by atoms with Crippen molar-refractivity contribution in [3.8, 4) is 5.75 Å². The van der Waals surface area contributed by atoms with Gasteiger partial charge in [-0.1, -0.05) is 19.0 Å². The molecule has 5 heteroatoms. The smallest absolute Gasteiger partial charge is 0.229 e. The van der Waals surface area contributed by atoms with Gasteiger partial charge in [0.15, 0.2) is 6.61 Å². The summed E-state index contributed by atoms with van der Waals surface area (Å²) in [4.78, 5) is 8.14.